The number of para-hydroxylation sites is 1. The van der Waals surface area contributed by atoms with Crippen LogP contribution in [0.1, 0.15) is 38.5 Å². The minimum Gasteiger partial charge on any atom is -0.367 e. The Labute approximate surface area is 188 Å². The fraction of sp³-hybridized carbons (Fsp3) is 0.318. The van der Waals surface area contributed by atoms with Gasteiger partial charge in [-0.3, -0.25) is 0 Å². The molecular weight excluding hydrogens is 478 g/mol. The summed E-state index contributed by atoms with van der Waals surface area (Å²) in [6.45, 7) is 0. The molecule has 0 unspecified atom stereocenters. The number of nitrogens with zero attached hydrogens (tertiary/aromatic N) is 4. The normalized spacial score (nSPS) is 15.9. The van der Waals surface area contributed by atoms with E-state index < -0.39 is 9.84 Å². The monoisotopic (exact) mass is 499 g/mol. The van der Waals surface area contributed by atoms with Crippen LogP contribution in [0, 0.1) is 0 Å². The Hall–Kier alpha value is -2.52. The molecule has 7 nitrogen and oxygen atoms in total. The van der Waals surface area contributed by atoms with Crippen molar-refractivity contribution in [3.63, 3.8) is 0 Å². The number of hydrogen-bond donors (Lipinski definition) is 1. The van der Waals surface area contributed by atoms with E-state index in [-0.39, 0.29) is 15.6 Å². The predicted octanol–water partition coefficient (Wildman–Crippen LogP) is 5.01. The number of halogens is 1. The van der Waals surface area contributed by atoms with Gasteiger partial charge in [-0.1, -0.05) is 59.0 Å². The first-order valence-electron chi connectivity index (χ1n) is 10.5. The summed E-state index contributed by atoms with van der Waals surface area (Å²) in [7, 11) is -3.87. The second kappa shape index (κ2) is 8.20. The number of fused-ring (bicyclic) bond motifs is 3. The maximum Gasteiger partial charge on any atom is 0.229 e. The number of sulfone groups is 1. The van der Waals surface area contributed by atoms with Crippen molar-refractivity contribution in [1.82, 2.24) is 19.8 Å². The van der Waals surface area contributed by atoms with E-state index in [4.69, 9.17) is 4.98 Å². The predicted molar refractivity (Wildman–Crippen MR) is 123 cm³/mol. The molecule has 160 valence electrons. The van der Waals surface area contributed by atoms with Crippen molar-refractivity contribution in [1.29, 1.82) is 0 Å². The second-order valence-corrected chi connectivity index (χ2v) is 10.7. The van der Waals surface area contributed by atoms with Crippen LogP contribution in [0.25, 0.3) is 16.6 Å². The largest absolute Gasteiger partial charge is 0.367 e. The summed E-state index contributed by atoms with van der Waals surface area (Å²) in [5, 5.41) is 12.5. The SMILES string of the molecule is O=S(=O)(c1ccc(Br)cc1)c1nnn2c1nc(NC1CCCCCC1)c1ccccc12. The van der Waals surface area contributed by atoms with Gasteiger partial charge in [0.15, 0.2) is 5.65 Å². The second-order valence-electron chi connectivity index (χ2n) is 7.90. The Balaban J connectivity index is 1.66. The van der Waals surface area contributed by atoms with E-state index in [1.54, 1.807) is 24.3 Å². The van der Waals surface area contributed by atoms with E-state index in [1.165, 1.54) is 30.2 Å². The van der Waals surface area contributed by atoms with Crippen molar-refractivity contribution in [3.8, 4) is 0 Å². The van der Waals surface area contributed by atoms with Crippen molar-refractivity contribution >= 4 is 48.1 Å². The van der Waals surface area contributed by atoms with E-state index in [0.717, 1.165) is 28.2 Å². The molecule has 0 saturated heterocycles. The van der Waals surface area contributed by atoms with Crippen LogP contribution in [-0.4, -0.2) is 34.3 Å². The third kappa shape index (κ3) is 3.80. The average molecular weight is 500 g/mol. The van der Waals surface area contributed by atoms with E-state index >= 15 is 0 Å². The molecule has 1 aliphatic carbocycles. The first-order valence-corrected chi connectivity index (χ1v) is 12.7. The summed E-state index contributed by atoms with van der Waals surface area (Å²) in [5.41, 5.74) is 1.01. The van der Waals surface area contributed by atoms with E-state index in [2.05, 4.69) is 31.6 Å². The molecule has 9 heteroatoms. The van der Waals surface area contributed by atoms with E-state index in [0.29, 0.717) is 11.9 Å². The molecule has 31 heavy (non-hydrogen) atoms. The molecule has 5 rings (SSSR count). The number of aromatic nitrogens is 4. The van der Waals surface area contributed by atoms with Crippen molar-refractivity contribution in [2.75, 3.05) is 5.32 Å². The van der Waals surface area contributed by atoms with Crippen molar-refractivity contribution in [3.05, 3.63) is 53.0 Å². The molecule has 1 fully saturated rings. The van der Waals surface area contributed by atoms with E-state index in [9.17, 15) is 8.42 Å². The number of hydrogen-bond acceptors (Lipinski definition) is 6. The van der Waals surface area contributed by atoms with Crippen LogP contribution in [0.15, 0.2) is 62.9 Å². The third-order valence-electron chi connectivity index (χ3n) is 5.80. The zero-order valence-corrected chi connectivity index (χ0v) is 19.2. The lowest BCUT2D eigenvalue weighted by atomic mass is 10.1. The molecule has 2 aromatic heterocycles. The van der Waals surface area contributed by atoms with Crippen LogP contribution in [0.2, 0.25) is 0 Å². The first kappa shape index (κ1) is 20.4. The van der Waals surface area contributed by atoms with Crippen molar-refractivity contribution in [2.45, 2.75) is 54.5 Å². The summed E-state index contributed by atoms with van der Waals surface area (Å²) >= 11 is 3.34. The van der Waals surface area contributed by atoms with Gasteiger partial charge in [0.25, 0.3) is 0 Å². The van der Waals surface area contributed by atoms with Gasteiger partial charge in [0.1, 0.15) is 5.82 Å². The molecule has 0 bridgehead atoms. The molecule has 1 saturated carbocycles. The molecule has 0 atom stereocenters. The van der Waals surface area contributed by atoms with Crippen LogP contribution >= 0.6 is 15.9 Å². The topological polar surface area (TPSA) is 89.2 Å². The van der Waals surface area contributed by atoms with Gasteiger partial charge >= 0.3 is 0 Å². The van der Waals surface area contributed by atoms with Gasteiger partial charge in [-0.25, -0.2) is 13.4 Å². The minimum absolute atomic E-state index is 0.135. The van der Waals surface area contributed by atoms with Gasteiger partial charge in [-0.15, -0.1) is 5.10 Å². The van der Waals surface area contributed by atoms with Crippen molar-refractivity contribution < 1.29 is 8.42 Å². The van der Waals surface area contributed by atoms with Gasteiger partial charge in [0.2, 0.25) is 14.9 Å². The maximum absolute atomic E-state index is 13.3. The van der Waals surface area contributed by atoms with Crippen molar-refractivity contribution in [2.24, 2.45) is 0 Å². The van der Waals surface area contributed by atoms with Crippen LogP contribution in [0.5, 0.6) is 0 Å². The molecule has 0 aliphatic heterocycles. The lowest BCUT2D eigenvalue weighted by Crippen LogP contribution is -2.19. The van der Waals surface area contributed by atoms with Crippen LogP contribution in [0.3, 0.4) is 0 Å². The summed E-state index contributed by atoms with van der Waals surface area (Å²) < 4.78 is 28.9. The molecule has 4 aromatic rings. The minimum atomic E-state index is -3.87. The first-order chi connectivity index (χ1) is 15.0. The summed E-state index contributed by atoms with van der Waals surface area (Å²) in [6, 6.07) is 14.6. The van der Waals surface area contributed by atoms with Gasteiger partial charge in [-0.05, 0) is 49.2 Å². The van der Waals surface area contributed by atoms with Gasteiger partial charge < -0.3 is 5.32 Å². The van der Waals surface area contributed by atoms with Gasteiger partial charge in [0.05, 0.1) is 10.4 Å². The summed E-state index contributed by atoms with van der Waals surface area (Å²) in [5.74, 6) is 0.685. The molecule has 0 radical (unpaired) electrons. The number of rotatable bonds is 4. The molecule has 0 amide bonds. The fourth-order valence-electron chi connectivity index (χ4n) is 4.17. The Morgan fingerprint density at radius 2 is 1.68 bits per heavy atom. The Morgan fingerprint density at radius 3 is 2.42 bits per heavy atom. The Morgan fingerprint density at radius 1 is 0.968 bits per heavy atom. The van der Waals surface area contributed by atoms with Crippen LogP contribution < -0.4 is 5.32 Å². The zero-order chi connectivity index (χ0) is 21.4. The smallest absolute Gasteiger partial charge is 0.229 e. The van der Waals surface area contributed by atoms with E-state index in [1.807, 2.05) is 24.3 Å². The number of benzene rings is 2. The number of nitrogens with one attached hydrogen (secondary N) is 1. The Bertz CT molecular complexity index is 1340. The molecule has 0 spiro atoms. The van der Waals surface area contributed by atoms with Crippen LogP contribution in [-0.2, 0) is 9.84 Å². The highest BCUT2D eigenvalue weighted by atomic mass is 79.9. The van der Waals surface area contributed by atoms with Crippen LogP contribution in [0.4, 0.5) is 5.82 Å². The maximum atomic E-state index is 13.3. The van der Waals surface area contributed by atoms with Gasteiger partial charge in [-0.2, -0.15) is 4.52 Å². The summed E-state index contributed by atoms with van der Waals surface area (Å²) in [6.07, 6.45) is 7.07. The quantitative estimate of drug-likeness (QED) is 0.397. The zero-order valence-electron chi connectivity index (χ0n) is 16.8. The molecule has 2 aromatic carbocycles. The third-order valence-corrected chi connectivity index (χ3v) is 7.99. The molecular formula is C22H22BrN5O2S. The lowest BCUT2D eigenvalue weighted by Gasteiger charge is -2.18. The fourth-order valence-corrected chi connectivity index (χ4v) is 5.67. The average Bonchev–Trinajstić information content (AvgIpc) is 3.05. The van der Waals surface area contributed by atoms with Gasteiger partial charge in [0, 0.05) is 15.9 Å². The highest BCUT2D eigenvalue weighted by Gasteiger charge is 2.27. The summed E-state index contributed by atoms with van der Waals surface area (Å²) in [4.78, 5) is 4.89. The number of anilines is 1. The lowest BCUT2D eigenvalue weighted by molar-refractivity contribution is 0.592. The molecule has 1 N–H and O–H groups in total. The standard InChI is InChI=1S/C22H22BrN5O2S/c23-15-11-13-17(14-12-15)31(29,30)22-21-25-20(24-16-7-3-1-2-4-8-16)18-9-5-6-10-19(18)28(21)27-26-22/h5-6,9-14,16H,1-4,7-8H2,(H,24,25). The highest BCUT2D eigenvalue weighted by Crippen LogP contribution is 2.30. The highest BCUT2D eigenvalue weighted by molar-refractivity contribution is 9.10. The Kier molecular flexibility index (Phi) is 5.39. The molecule has 2 heterocycles. The molecule has 1 aliphatic rings.